The van der Waals surface area contributed by atoms with E-state index in [2.05, 4.69) is 0 Å². The average molecular weight is 382 g/mol. The lowest BCUT2D eigenvalue weighted by Crippen LogP contribution is -2.31. The number of hydrazine groups is 1. The van der Waals surface area contributed by atoms with E-state index in [1.807, 2.05) is 0 Å². The van der Waals surface area contributed by atoms with Crippen LogP contribution in [0.15, 0.2) is 41.3 Å². The molecule has 0 aliphatic heterocycles. The van der Waals surface area contributed by atoms with Gasteiger partial charge in [-0.05, 0) is 24.3 Å². The van der Waals surface area contributed by atoms with Gasteiger partial charge < -0.3 is 5.11 Å². The van der Waals surface area contributed by atoms with Gasteiger partial charge in [0, 0.05) is 11.6 Å². The Morgan fingerprint density at radius 1 is 1.08 bits per heavy atom. The Bertz CT molecular complexity index is 1020. The predicted molar refractivity (Wildman–Crippen MR) is 85.8 cm³/mol. The highest BCUT2D eigenvalue weighted by molar-refractivity contribution is 7.89. The SMILES string of the molecule is NNS(=O)(=O)c1cc([N+](=O)[O-])cc([N+](=O)[O-])c1C(=O)c1ccc(O)cc1. The van der Waals surface area contributed by atoms with E-state index >= 15 is 0 Å². The summed E-state index contributed by atoms with van der Waals surface area (Å²) >= 11 is 0. The van der Waals surface area contributed by atoms with Gasteiger partial charge >= 0.3 is 0 Å². The van der Waals surface area contributed by atoms with Gasteiger partial charge in [-0.15, -0.1) is 0 Å². The Labute approximate surface area is 145 Å². The molecule has 0 heterocycles. The summed E-state index contributed by atoms with van der Waals surface area (Å²) in [6.45, 7) is 0. The van der Waals surface area contributed by atoms with Gasteiger partial charge in [-0.2, -0.15) is 4.83 Å². The predicted octanol–water partition coefficient (Wildman–Crippen LogP) is 0.592. The number of phenols is 1. The second-order valence-corrected chi connectivity index (χ2v) is 6.53. The highest BCUT2D eigenvalue weighted by atomic mass is 32.2. The van der Waals surface area contributed by atoms with E-state index in [9.17, 15) is 38.5 Å². The number of hydrogen-bond donors (Lipinski definition) is 3. The van der Waals surface area contributed by atoms with E-state index in [0.717, 1.165) is 24.3 Å². The maximum absolute atomic E-state index is 12.7. The number of aromatic hydroxyl groups is 1. The number of non-ortho nitro benzene ring substituents is 1. The topological polar surface area (TPSA) is 196 Å². The molecule has 136 valence electrons. The molecular weight excluding hydrogens is 372 g/mol. The summed E-state index contributed by atoms with van der Waals surface area (Å²) in [5.74, 6) is 3.60. The molecule has 0 saturated heterocycles. The van der Waals surface area contributed by atoms with Crippen LogP contribution in [0.2, 0.25) is 0 Å². The van der Waals surface area contributed by atoms with E-state index < -0.39 is 47.5 Å². The van der Waals surface area contributed by atoms with Crippen molar-refractivity contribution in [2.24, 2.45) is 5.84 Å². The maximum atomic E-state index is 12.7. The summed E-state index contributed by atoms with van der Waals surface area (Å²) in [4.78, 5) is 33.1. The van der Waals surface area contributed by atoms with E-state index in [1.165, 1.54) is 4.83 Å². The fraction of sp³-hybridized carbons (Fsp3) is 0. The van der Waals surface area contributed by atoms with Crippen LogP contribution >= 0.6 is 0 Å². The van der Waals surface area contributed by atoms with Gasteiger partial charge in [-0.25, -0.2) is 8.42 Å². The quantitative estimate of drug-likeness (QED) is 0.277. The first-order valence-corrected chi connectivity index (χ1v) is 8.09. The summed E-state index contributed by atoms with van der Waals surface area (Å²) in [5.41, 5.74) is -3.07. The number of carbonyl (C=O) groups excluding carboxylic acids is 1. The number of nitrogens with zero attached hydrogens (tertiary/aromatic N) is 2. The normalized spacial score (nSPS) is 11.1. The first-order valence-electron chi connectivity index (χ1n) is 6.61. The fourth-order valence-corrected chi connectivity index (χ4v) is 2.97. The number of sulfonamides is 1. The molecular formula is C13H10N4O8S. The van der Waals surface area contributed by atoms with Crippen LogP contribution in [0.3, 0.4) is 0 Å². The lowest BCUT2D eigenvalue weighted by atomic mass is 10.0. The molecule has 0 atom stereocenters. The molecule has 0 saturated carbocycles. The van der Waals surface area contributed by atoms with Gasteiger partial charge in [-0.1, -0.05) is 0 Å². The number of benzene rings is 2. The third-order valence-corrected chi connectivity index (χ3v) is 4.49. The van der Waals surface area contributed by atoms with Crippen molar-refractivity contribution in [3.8, 4) is 5.75 Å². The average Bonchev–Trinajstić information content (AvgIpc) is 2.60. The number of nitro groups is 2. The number of ketones is 1. The summed E-state index contributed by atoms with van der Waals surface area (Å²) in [6, 6.07) is 5.41. The minimum absolute atomic E-state index is 0.187. The Morgan fingerprint density at radius 3 is 2.12 bits per heavy atom. The highest BCUT2D eigenvalue weighted by Gasteiger charge is 2.34. The molecule has 0 radical (unpaired) electrons. The summed E-state index contributed by atoms with van der Waals surface area (Å²) in [6.07, 6.45) is 0. The number of phenolic OH excluding ortho intramolecular Hbond substituents is 1. The largest absolute Gasteiger partial charge is 0.508 e. The van der Waals surface area contributed by atoms with Gasteiger partial charge in [-0.3, -0.25) is 30.9 Å². The van der Waals surface area contributed by atoms with Gasteiger partial charge in [0.15, 0.2) is 0 Å². The monoisotopic (exact) mass is 382 g/mol. The molecule has 0 amide bonds. The number of carbonyl (C=O) groups is 1. The second kappa shape index (κ2) is 6.83. The van der Waals surface area contributed by atoms with Crippen molar-refractivity contribution >= 4 is 27.2 Å². The fourth-order valence-electron chi connectivity index (χ4n) is 2.10. The molecule has 0 aliphatic carbocycles. The molecule has 12 nitrogen and oxygen atoms in total. The van der Waals surface area contributed by atoms with Crippen LogP contribution < -0.4 is 10.7 Å². The lowest BCUT2D eigenvalue weighted by molar-refractivity contribution is -0.394. The van der Waals surface area contributed by atoms with Crippen LogP contribution in [0.5, 0.6) is 5.75 Å². The minimum Gasteiger partial charge on any atom is -0.508 e. The molecule has 0 bridgehead atoms. The van der Waals surface area contributed by atoms with Crippen LogP contribution in [0.4, 0.5) is 11.4 Å². The molecule has 0 fully saturated rings. The summed E-state index contributed by atoms with van der Waals surface area (Å²) < 4.78 is 24.2. The van der Waals surface area contributed by atoms with Gasteiger partial charge in [0.05, 0.1) is 15.9 Å². The zero-order chi connectivity index (χ0) is 19.6. The maximum Gasteiger partial charge on any atom is 0.288 e. The van der Waals surface area contributed by atoms with Crippen molar-refractivity contribution in [2.45, 2.75) is 4.90 Å². The molecule has 26 heavy (non-hydrogen) atoms. The summed E-state index contributed by atoms with van der Waals surface area (Å²) in [5, 5.41) is 31.5. The molecule has 2 rings (SSSR count). The molecule has 2 aromatic rings. The van der Waals surface area contributed by atoms with Crippen LogP contribution in [0.25, 0.3) is 0 Å². The third kappa shape index (κ3) is 3.49. The van der Waals surface area contributed by atoms with E-state index in [4.69, 9.17) is 5.84 Å². The number of nitrogens with one attached hydrogen (secondary N) is 1. The van der Waals surface area contributed by atoms with E-state index in [1.54, 1.807) is 0 Å². The van der Waals surface area contributed by atoms with Crippen molar-refractivity contribution in [3.63, 3.8) is 0 Å². The molecule has 0 aromatic heterocycles. The number of nitrogens with two attached hydrogens (primary N) is 1. The van der Waals surface area contributed by atoms with E-state index in [-0.39, 0.29) is 11.3 Å². The molecule has 13 heteroatoms. The molecule has 2 aromatic carbocycles. The van der Waals surface area contributed by atoms with Crippen LogP contribution in [0, 0.1) is 20.2 Å². The van der Waals surface area contributed by atoms with Gasteiger partial charge in [0.2, 0.25) is 5.78 Å². The molecule has 0 spiro atoms. The zero-order valence-corrected chi connectivity index (χ0v) is 13.5. The smallest absolute Gasteiger partial charge is 0.288 e. The number of nitro benzene ring substituents is 2. The Hall–Kier alpha value is -3.42. The van der Waals surface area contributed by atoms with Gasteiger partial charge in [0.25, 0.3) is 21.4 Å². The van der Waals surface area contributed by atoms with Crippen LogP contribution in [-0.2, 0) is 10.0 Å². The molecule has 0 unspecified atom stereocenters. The van der Waals surface area contributed by atoms with E-state index in [0.29, 0.717) is 12.1 Å². The second-order valence-electron chi connectivity index (χ2n) is 4.85. The van der Waals surface area contributed by atoms with Crippen LogP contribution in [-0.4, -0.2) is 29.2 Å². The van der Waals surface area contributed by atoms with Crippen molar-refractivity contribution in [1.29, 1.82) is 0 Å². The Morgan fingerprint density at radius 2 is 1.65 bits per heavy atom. The minimum atomic E-state index is -4.65. The number of rotatable bonds is 6. The lowest BCUT2D eigenvalue weighted by Gasteiger charge is -2.10. The summed E-state index contributed by atoms with van der Waals surface area (Å²) in [7, 11) is -4.65. The first kappa shape index (κ1) is 18.9. The number of hydrogen-bond acceptors (Lipinski definition) is 9. The first-order chi connectivity index (χ1) is 12.1. The van der Waals surface area contributed by atoms with Crippen LogP contribution in [0.1, 0.15) is 15.9 Å². The van der Waals surface area contributed by atoms with Gasteiger partial charge in [0.1, 0.15) is 16.2 Å². The highest BCUT2D eigenvalue weighted by Crippen LogP contribution is 2.33. The standard InChI is InChI=1S/C13H10N4O8S/c14-15-26(24,25)11-6-8(16(20)21)5-10(17(22)23)12(11)13(19)7-1-3-9(18)4-2-7/h1-6,15,18H,14H2. The van der Waals surface area contributed by atoms with Crippen molar-refractivity contribution in [3.05, 3.63) is 67.8 Å². The molecule has 0 aliphatic rings. The Balaban J connectivity index is 2.88. The van der Waals surface area contributed by atoms with Crippen molar-refractivity contribution in [2.75, 3.05) is 0 Å². The van der Waals surface area contributed by atoms with Crippen molar-refractivity contribution < 1.29 is 28.2 Å². The zero-order valence-electron chi connectivity index (χ0n) is 12.6. The third-order valence-electron chi connectivity index (χ3n) is 3.27. The molecule has 4 N–H and O–H groups in total. The van der Waals surface area contributed by atoms with Crippen molar-refractivity contribution in [1.82, 2.24) is 4.83 Å². The Kier molecular flexibility index (Phi) is 4.97.